The molecule has 0 amide bonds. The SMILES string of the molecule is COCCCOc1cc(CC(NC(=N)N)C(C)(C)COC)ccc1Cl. The van der Waals surface area contributed by atoms with Crippen LogP contribution in [0.1, 0.15) is 25.8 Å². The minimum absolute atomic E-state index is 0.0563. The Balaban J connectivity index is 2.87. The Morgan fingerprint density at radius 3 is 2.60 bits per heavy atom. The molecule has 0 aliphatic heterocycles. The highest BCUT2D eigenvalue weighted by atomic mass is 35.5. The maximum atomic E-state index is 7.58. The van der Waals surface area contributed by atoms with Crippen LogP contribution >= 0.6 is 11.6 Å². The van der Waals surface area contributed by atoms with E-state index in [9.17, 15) is 0 Å². The number of guanidine groups is 1. The number of hydrogen-bond donors (Lipinski definition) is 3. The summed E-state index contributed by atoms with van der Waals surface area (Å²) in [4.78, 5) is 0. The van der Waals surface area contributed by atoms with Gasteiger partial charge in [-0.25, -0.2) is 0 Å². The third-order valence-corrected chi connectivity index (χ3v) is 4.29. The van der Waals surface area contributed by atoms with Gasteiger partial charge in [0.2, 0.25) is 0 Å². The molecular formula is C18H30ClN3O3. The van der Waals surface area contributed by atoms with Gasteiger partial charge < -0.3 is 25.3 Å². The third-order valence-electron chi connectivity index (χ3n) is 3.98. The minimum atomic E-state index is -0.209. The summed E-state index contributed by atoms with van der Waals surface area (Å²) in [5.41, 5.74) is 6.40. The molecule has 1 aromatic rings. The Morgan fingerprint density at radius 1 is 1.28 bits per heavy atom. The Labute approximate surface area is 155 Å². The quantitative estimate of drug-likeness (QED) is 0.316. The van der Waals surface area contributed by atoms with Gasteiger partial charge in [0.1, 0.15) is 5.75 Å². The topological polar surface area (TPSA) is 89.6 Å². The summed E-state index contributed by atoms with van der Waals surface area (Å²) in [5.74, 6) is 0.598. The smallest absolute Gasteiger partial charge is 0.185 e. The third kappa shape index (κ3) is 7.50. The number of nitrogens with one attached hydrogen (secondary N) is 2. The first-order chi connectivity index (χ1) is 11.8. The van der Waals surface area contributed by atoms with E-state index in [1.807, 2.05) is 18.2 Å². The van der Waals surface area contributed by atoms with Crippen molar-refractivity contribution in [2.75, 3.05) is 34.0 Å². The highest BCUT2D eigenvalue weighted by Crippen LogP contribution is 2.29. The van der Waals surface area contributed by atoms with E-state index < -0.39 is 0 Å². The molecule has 1 aromatic carbocycles. The standard InChI is InChI=1S/C18H30ClN3O3/c1-18(2,12-24-4)16(22-17(20)21)11-13-6-7-14(19)15(10-13)25-9-5-8-23-3/h6-7,10,16H,5,8-9,11-12H2,1-4H3,(H4,20,21,22). The Kier molecular flexibility index (Phi) is 9.03. The van der Waals surface area contributed by atoms with Crippen molar-refractivity contribution in [1.29, 1.82) is 5.41 Å². The van der Waals surface area contributed by atoms with Crippen LogP contribution in [0.4, 0.5) is 0 Å². The molecule has 7 heteroatoms. The molecule has 0 aliphatic rings. The van der Waals surface area contributed by atoms with Gasteiger partial charge in [-0.2, -0.15) is 0 Å². The largest absolute Gasteiger partial charge is 0.492 e. The van der Waals surface area contributed by atoms with Gasteiger partial charge in [-0.1, -0.05) is 31.5 Å². The second kappa shape index (κ2) is 10.5. The molecule has 0 aliphatic carbocycles. The molecule has 0 saturated carbocycles. The van der Waals surface area contributed by atoms with Gasteiger partial charge in [0.25, 0.3) is 0 Å². The molecule has 0 spiro atoms. The molecule has 4 N–H and O–H groups in total. The van der Waals surface area contributed by atoms with E-state index in [1.54, 1.807) is 14.2 Å². The van der Waals surface area contributed by atoms with Gasteiger partial charge in [-0.05, 0) is 24.1 Å². The molecule has 0 saturated heterocycles. The van der Waals surface area contributed by atoms with Gasteiger partial charge in [0.05, 0.1) is 18.2 Å². The molecule has 0 aromatic heterocycles. The summed E-state index contributed by atoms with van der Waals surface area (Å²) in [6.45, 7) is 5.89. The van der Waals surface area contributed by atoms with Crippen LogP contribution in [-0.4, -0.2) is 46.0 Å². The average Bonchev–Trinajstić information content (AvgIpc) is 2.53. The van der Waals surface area contributed by atoms with E-state index in [-0.39, 0.29) is 17.4 Å². The van der Waals surface area contributed by atoms with Crippen LogP contribution < -0.4 is 15.8 Å². The lowest BCUT2D eigenvalue weighted by molar-refractivity contribution is 0.0798. The molecule has 1 rings (SSSR count). The van der Waals surface area contributed by atoms with Crippen LogP contribution in [0.3, 0.4) is 0 Å². The average molecular weight is 372 g/mol. The van der Waals surface area contributed by atoms with E-state index in [0.717, 1.165) is 12.0 Å². The first-order valence-corrected chi connectivity index (χ1v) is 8.67. The summed E-state index contributed by atoms with van der Waals surface area (Å²) >= 11 is 6.22. The van der Waals surface area contributed by atoms with Crippen molar-refractivity contribution in [2.24, 2.45) is 11.1 Å². The van der Waals surface area contributed by atoms with Gasteiger partial charge in [0, 0.05) is 38.7 Å². The van der Waals surface area contributed by atoms with E-state index in [1.165, 1.54) is 0 Å². The van der Waals surface area contributed by atoms with Gasteiger partial charge in [-0.15, -0.1) is 0 Å². The Bertz CT molecular complexity index is 552. The van der Waals surface area contributed by atoms with Crippen molar-refractivity contribution < 1.29 is 14.2 Å². The monoisotopic (exact) mass is 371 g/mol. The zero-order chi connectivity index (χ0) is 18.9. The molecule has 142 valence electrons. The predicted molar refractivity (Wildman–Crippen MR) is 102 cm³/mol. The molecule has 1 atom stereocenters. The molecule has 0 radical (unpaired) electrons. The van der Waals surface area contributed by atoms with Crippen molar-refractivity contribution in [3.05, 3.63) is 28.8 Å². The highest BCUT2D eigenvalue weighted by Gasteiger charge is 2.30. The van der Waals surface area contributed by atoms with E-state index >= 15 is 0 Å². The molecule has 0 fully saturated rings. The Hall–Kier alpha value is -1.50. The minimum Gasteiger partial charge on any atom is -0.492 e. The van der Waals surface area contributed by atoms with Crippen molar-refractivity contribution in [3.63, 3.8) is 0 Å². The zero-order valence-electron chi connectivity index (χ0n) is 15.5. The lowest BCUT2D eigenvalue weighted by Gasteiger charge is -2.34. The maximum absolute atomic E-state index is 7.58. The molecule has 1 unspecified atom stereocenters. The van der Waals surface area contributed by atoms with Crippen LogP contribution in [0.15, 0.2) is 18.2 Å². The van der Waals surface area contributed by atoms with Crippen molar-refractivity contribution in [1.82, 2.24) is 5.32 Å². The van der Waals surface area contributed by atoms with Crippen LogP contribution in [0, 0.1) is 10.8 Å². The number of rotatable bonds is 11. The van der Waals surface area contributed by atoms with E-state index in [4.69, 9.17) is 37.0 Å². The first-order valence-electron chi connectivity index (χ1n) is 8.30. The number of nitrogens with two attached hydrogens (primary N) is 1. The molecule has 0 bridgehead atoms. The van der Waals surface area contributed by atoms with Crippen LogP contribution in [0.5, 0.6) is 5.75 Å². The van der Waals surface area contributed by atoms with Crippen LogP contribution in [0.25, 0.3) is 0 Å². The highest BCUT2D eigenvalue weighted by molar-refractivity contribution is 6.32. The Morgan fingerprint density at radius 2 is 2.00 bits per heavy atom. The summed E-state index contributed by atoms with van der Waals surface area (Å²) in [7, 11) is 3.33. The number of hydrogen-bond acceptors (Lipinski definition) is 4. The van der Waals surface area contributed by atoms with Gasteiger partial charge in [0.15, 0.2) is 5.96 Å². The number of halogens is 1. The fraction of sp³-hybridized carbons (Fsp3) is 0.611. The van der Waals surface area contributed by atoms with Crippen molar-refractivity contribution in [2.45, 2.75) is 32.7 Å². The normalized spacial score (nSPS) is 12.7. The fourth-order valence-electron chi connectivity index (χ4n) is 2.59. The van der Waals surface area contributed by atoms with Gasteiger partial charge in [-0.3, -0.25) is 5.41 Å². The number of benzene rings is 1. The molecule has 0 heterocycles. The van der Waals surface area contributed by atoms with Gasteiger partial charge >= 0.3 is 0 Å². The summed E-state index contributed by atoms with van der Waals surface area (Å²) in [6.07, 6.45) is 1.47. The first kappa shape index (κ1) is 21.5. The number of methoxy groups -OCH3 is 2. The van der Waals surface area contributed by atoms with Crippen molar-refractivity contribution in [3.8, 4) is 5.75 Å². The van der Waals surface area contributed by atoms with E-state index in [2.05, 4.69) is 19.2 Å². The van der Waals surface area contributed by atoms with Crippen molar-refractivity contribution >= 4 is 17.6 Å². The number of ether oxygens (including phenoxy) is 3. The molecular weight excluding hydrogens is 342 g/mol. The second-order valence-electron chi connectivity index (χ2n) is 6.70. The lowest BCUT2D eigenvalue weighted by Crippen LogP contribution is -2.50. The summed E-state index contributed by atoms with van der Waals surface area (Å²) in [6, 6.07) is 5.67. The lowest BCUT2D eigenvalue weighted by atomic mass is 9.81. The second-order valence-corrected chi connectivity index (χ2v) is 7.10. The fourth-order valence-corrected chi connectivity index (χ4v) is 2.76. The van der Waals surface area contributed by atoms with Crippen LogP contribution in [0.2, 0.25) is 5.02 Å². The zero-order valence-corrected chi connectivity index (χ0v) is 16.3. The summed E-state index contributed by atoms with van der Waals surface area (Å²) in [5, 5.41) is 11.2. The molecule has 6 nitrogen and oxygen atoms in total. The van der Waals surface area contributed by atoms with E-state index in [0.29, 0.717) is 37.0 Å². The summed E-state index contributed by atoms with van der Waals surface area (Å²) < 4.78 is 16.1. The predicted octanol–water partition coefficient (Wildman–Crippen LogP) is 2.82. The van der Waals surface area contributed by atoms with Crippen LogP contribution in [-0.2, 0) is 15.9 Å². The molecule has 25 heavy (non-hydrogen) atoms. The maximum Gasteiger partial charge on any atom is 0.185 e.